The lowest BCUT2D eigenvalue weighted by Gasteiger charge is -2.27. The SMILES string of the molecule is COc1cccc(CN(C[C@@H]2CC(c3ccccc3)=NO2)C[C@@H](O)c2ccccc2)c1. The van der Waals surface area contributed by atoms with E-state index in [-0.39, 0.29) is 6.10 Å². The van der Waals surface area contributed by atoms with E-state index >= 15 is 0 Å². The van der Waals surface area contributed by atoms with Gasteiger partial charge >= 0.3 is 0 Å². The predicted molar refractivity (Wildman–Crippen MR) is 122 cm³/mol. The number of nitrogens with zero attached hydrogens (tertiary/aromatic N) is 2. The second kappa shape index (κ2) is 10.2. The average Bonchev–Trinajstić information content (AvgIpc) is 3.29. The summed E-state index contributed by atoms with van der Waals surface area (Å²) in [5.74, 6) is 0.827. The van der Waals surface area contributed by atoms with Gasteiger partial charge in [-0.3, -0.25) is 4.90 Å². The molecule has 4 rings (SSSR count). The minimum atomic E-state index is -0.581. The third kappa shape index (κ3) is 5.72. The molecule has 0 spiro atoms. The molecule has 0 fully saturated rings. The molecule has 0 unspecified atom stereocenters. The summed E-state index contributed by atoms with van der Waals surface area (Å²) in [4.78, 5) is 7.98. The molecule has 1 heterocycles. The molecule has 0 aliphatic carbocycles. The average molecular weight is 417 g/mol. The van der Waals surface area contributed by atoms with Crippen LogP contribution in [0.15, 0.2) is 90.1 Å². The Kier molecular flexibility index (Phi) is 6.97. The number of benzene rings is 3. The number of hydrogen-bond acceptors (Lipinski definition) is 5. The van der Waals surface area contributed by atoms with Gasteiger partial charge in [-0.05, 0) is 28.8 Å². The third-order valence-corrected chi connectivity index (χ3v) is 5.46. The monoisotopic (exact) mass is 416 g/mol. The molecule has 160 valence electrons. The lowest BCUT2D eigenvalue weighted by molar-refractivity contribution is 0.0318. The quantitative estimate of drug-likeness (QED) is 0.561. The van der Waals surface area contributed by atoms with Crippen molar-refractivity contribution in [3.8, 4) is 5.75 Å². The van der Waals surface area contributed by atoms with Crippen LogP contribution in [0.25, 0.3) is 0 Å². The van der Waals surface area contributed by atoms with Gasteiger partial charge in [-0.1, -0.05) is 78.0 Å². The van der Waals surface area contributed by atoms with Gasteiger partial charge in [0.15, 0.2) is 0 Å². The van der Waals surface area contributed by atoms with Crippen LogP contribution in [0.3, 0.4) is 0 Å². The Hall–Kier alpha value is -3.15. The van der Waals surface area contributed by atoms with Crippen molar-refractivity contribution in [3.63, 3.8) is 0 Å². The van der Waals surface area contributed by atoms with Crippen molar-refractivity contribution in [2.24, 2.45) is 5.16 Å². The van der Waals surface area contributed by atoms with Crippen molar-refractivity contribution in [1.82, 2.24) is 4.90 Å². The second-order valence-electron chi connectivity index (χ2n) is 7.81. The van der Waals surface area contributed by atoms with E-state index in [2.05, 4.69) is 28.3 Å². The van der Waals surface area contributed by atoms with E-state index in [1.165, 1.54) is 0 Å². The van der Waals surface area contributed by atoms with Gasteiger partial charge in [0.05, 0.1) is 18.9 Å². The zero-order valence-electron chi connectivity index (χ0n) is 17.7. The van der Waals surface area contributed by atoms with Gasteiger partial charge in [0.25, 0.3) is 0 Å². The van der Waals surface area contributed by atoms with Crippen LogP contribution < -0.4 is 4.74 Å². The Morgan fingerprint density at radius 2 is 1.77 bits per heavy atom. The largest absolute Gasteiger partial charge is 0.497 e. The topological polar surface area (TPSA) is 54.3 Å². The van der Waals surface area contributed by atoms with Gasteiger partial charge in [-0.25, -0.2) is 0 Å². The lowest BCUT2D eigenvalue weighted by atomic mass is 10.0. The minimum Gasteiger partial charge on any atom is -0.497 e. The fourth-order valence-electron chi connectivity index (χ4n) is 3.87. The van der Waals surface area contributed by atoms with Crippen LogP contribution in [0.5, 0.6) is 5.75 Å². The van der Waals surface area contributed by atoms with Crippen LogP contribution in [0.4, 0.5) is 0 Å². The van der Waals surface area contributed by atoms with Crippen LogP contribution in [-0.4, -0.2) is 42.0 Å². The Balaban J connectivity index is 1.45. The van der Waals surface area contributed by atoms with Crippen molar-refractivity contribution in [2.45, 2.75) is 25.2 Å². The Morgan fingerprint density at radius 3 is 2.52 bits per heavy atom. The van der Waals surface area contributed by atoms with Crippen molar-refractivity contribution >= 4 is 5.71 Å². The molecule has 0 saturated heterocycles. The molecule has 0 radical (unpaired) electrons. The maximum absolute atomic E-state index is 10.8. The molecule has 5 heteroatoms. The number of hydrogen-bond donors (Lipinski definition) is 1. The van der Waals surface area contributed by atoms with Gasteiger partial charge in [-0.2, -0.15) is 0 Å². The molecule has 1 aliphatic heterocycles. The summed E-state index contributed by atoms with van der Waals surface area (Å²) >= 11 is 0. The van der Waals surface area contributed by atoms with Gasteiger partial charge in [0, 0.05) is 26.1 Å². The molecule has 3 aromatic carbocycles. The van der Waals surface area contributed by atoms with Gasteiger partial charge in [0.2, 0.25) is 0 Å². The van der Waals surface area contributed by atoms with Crippen molar-refractivity contribution < 1.29 is 14.7 Å². The first-order valence-corrected chi connectivity index (χ1v) is 10.6. The zero-order chi connectivity index (χ0) is 21.5. The van der Waals surface area contributed by atoms with Crippen LogP contribution >= 0.6 is 0 Å². The van der Waals surface area contributed by atoms with Crippen LogP contribution in [0.1, 0.15) is 29.2 Å². The minimum absolute atomic E-state index is 0.0520. The number of aliphatic hydroxyl groups is 1. The van der Waals surface area contributed by atoms with E-state index in [0.717, 1.165) is 34.6 Å². The smallest absolute Gasteiger partial charge is 0.145 e. The molecule has 1 aliphatic rings. The number of methoxy groups -OCH3 is 1. The second-order valence-corrected chi connectivity index (χ2v) is 7.81. The van der Waals surface area contributed by atoms with Gasteiger partial charge < -0.3 is 14.7 Å². The summed E-state index contributed by atoms with van der Waals surface area (Å²) in [7, 11) is 1.67. The number of aliphatic hydroxyl groups excluding tert-OH is 1. The number of rotatable bonds is 9. The number of oxime groups is 1. The Morgan fingerprint density at radius 1 is 1.03 bits per heavy atom. The standard InChI is InChI=1S/C26H28N2O3/c1-30-23-14-8-9-20(15-23)17-28(19-26(29)22-12-6-3-7-13-22)18-24-16-25(27-31-24)21-10-4-2-5-11-21/h2-15,24,26,29H,16-19H2,1H3/t24-,26+/m0/s1. The normalized spacial score (nSPS) is 16.6. The molecule has 1 N–H and O–H groups in total. The van der Waals surface area contributed by atoms with Crippen LogP contribution in [0, 0.1) is 0 Å². The molecule has 0 saturated carbocycles. The number of ether oxygens (including phenoxy) is 1. The molecule has 31 heavy (non-hydrogen) atoms. The summed E-state index contributed by atoms with van der Waals surface area (Å²) in [5.41, 5.74) is 4.10. The van der Waals surface area contributed by atoms with Crippen molar-refractivity contribution in [3.05, 3.63) is 102 Å². The predicted octanol–water partition coefficient (Wildman–Crippen LogP) is 4.42. The fourth-order valence-corrected chi connectivity index (χ4v) is 3.87. The first-order valence-electron chi connectivity index (χ1n) is 10.6. The molecule has 0 aromatic heterocycles. The maximum atomic E-state index is 10.8. The van der Waals surface area contributed by atoms with Crippen LogP contribution in [0.2, 0.25) is 0 Å². The maximum Gasteiger partial charge on any atom is 0.145 e. The first-order chi connectivity index (χ1) is 15.2. The highest BCUT2D eigenvalue weighted by Crippen LogP contribution is 2.22. The molecular formula is C26H28N2O3. The summed E-state index contributed by atoms with van der Waals surface area (Å²) in [6.07, 6.45) is 0.117. The summed E-state index contributed by atoms with van der Waals surface area (Å²) in [6, 6.07) is 27.9. The first kappa shape index (κ1) is 21.1. The van der Waals surface area contributed by atoms with E-state index in [1.807, 2.05) is 66.7 Å². The molecule has 3 aromatic rings. The fraction of sp³-hybridized carbons (Fsp3) is 0.269. The van der Waals surface area contributed by atoms with Crippen LogP contribution in [-0.2, 0) is 11.4 Å². The molecule has 5 nitrogen and oxygen atoms in total. The molecular weight excluding hydrogens is 388 g/mol. The molecule has 2 atom stereocenters. The zero-order valence-corrected chi connectivity index (χ0v) is 17.7. The highest BCUT2D eigenvalue weighted by molar-refractivity contribution is 6.01. The van der Waals surface area contributed by atoms with E-state index in [1.54, 1.807) is 7.11 Å². The lowest BCUT2D eigenvalue weighted by Crippen LogP contribution is -2.35. The van der Waals surface area contributed by atoms with E-state index < -0.39 is 6.10 Å². The van der Waals surface area contributed by atoms with Gasteiger partial charge in [0.1, 0.15) is 11.9 Å². The third-order valence-electron chi connectivity index (χ3n) is 5.46. The van der Waals surface area contributed by atoms with E-state index in [4.69, 9.17) is 9.57 Å². The highest BCUT2D eigenvalue weighted by atomic mass is 16.6. The summed E-state index contributed by atoms with van der Waals surface area (Å²) < 4.78 is 5.37. The Bertz CT molecular complexity index is 992. The van der Waals surface area contributed by atoms with Gasteiger partial charge in [-0.15, -0.1) is 0 Å². The van der Waals surface area contributed by atoms with E-state index in [0.29, 0.717) is 19.6 Å². The molecule has 0 amide bonds. The summed E-state index contributed by atoms with van der Waals surface area (Å²) in [5, 5.41) is 15.2. The van der Waals surface area contributed by atoms with Crippen molar-refractivity contribution in [1.29, 1.82) is 0 Å². The van der Waals surface area contributed by atoms with Crippen molar-refractivity contribution in [2.75, 3.05) is 20.2 Å². The Labute approximate surface area is 183 Å². The summed E-state index contributed by atoms with van der Waals surface area (Å²) in [6.45, 7) is 1.85. The molecule has 0 bridgehead atoms. The highest BCUT2D eigenvalue weighted by Gasteiger charge is 2.26. The van der Waals surface area contributed by atoms with E-state index in [9.17, 15) is 5.11 Å².